The first kappa shape index (κ1) is 21.2. The molecule has 0 atom stereocenters. The maximum atomic E-state index is 12.9. The van der Waals surface area contributed by atoms with Gasteiger partial charge in [0.2, 0.25) is 0 Å². The predicted molar refractivity (Wildman–Crippen MR) is 134 cm³/mol. The van der Waals surface area contributed by atoms with Gasteiger partial charge >= 0.3 is 0 Å². The summed E-state index contributed by atoms with van der Waals surface area (Å²) in [5.41, 5.74) is 6.18. The highest BCUT2D eigenvalue weighted by atomic mass is 16.5. The van der Waals surface area contributed by atoms with Crippen molar-refractivity contribution < 1.29 is 9.53 Å². The average molecular weight is 441 g/mol. The molecule has 0 radical (unpaired) electrons. The van der Waals surface area contributed by atoms with Gasteiger partial charge in [0.1, 0.15) is 0 Å². The fourth-order valence-corrected chi connectivity index (χ4v) is 4.25. The molecule has 1 saturated heterocycles. The third-order valence-electron chi connectivity index (χ3n) is 6.00. The third-order valence-corrected chi connectivity index (χ3v) is 6.00. The number of fused-ring (bicyclic) bond motifs is 1. The second-order valence-corrected chi connectivity index (χ2v) is 8.20. The zero-order chi connectivity index (χ0) is 22.5. The van der Waals surface area contributed by atoms with Crippen LogP contribution in [0.15, 0.2) is 78.9 Å². The van der Waals surface area contributed by atoms with E-state index in [1.807, 2.05) is 66.7 Å². The average Bonchev–Trinajstić information content (AvgIpc) is 3.20. The van der Waals surface area contributed by atoms with Crippen LogP contribution in [0.3, 0.4) is 0 Å². The maximum Gasteiger partial charge on any atom is 0.258 e. The molecule has 2 aliphatic rings. The molecular weight excluding hydrogens is 412 g/mol. The van der Waals surface area contributed by atoms with Gasteiger partial charge < -0.3 is 20.7 Å². The molecule has 168 valence electrons. The molecule has 3 N–H and O–H groups in total. The first-order valence-electron chi connectivity index (χ1n) is 11.4. The molecule has 2 aliphatic heterocycles. The highest BCUT2D eigenvalue weighted by Gasteiger charge is 2.28. The zero-order valence-corrected chi connectivity index (χ0v) is 18.5. The molecule has 0 unspecified atom stereocenters. The Bertz CT molecular complexity index is 1140. The normalized spacial score (nSPS) is 17.3. The Balaban J connectivity index is 1.34. The van der Waals surface area contributed by atoms with Crippen molar-refractivity contribution in [1.29, 1.82) is 0 Å². The number of hydrogen-bond donors (Lipinski definition) is 3. The molecule has 1 amide bonds. The molecule has 33 heavy (non-hydrogen) atoms. The second-order valence-electron chi connectivity index (χ2n) is 8.20. The molecule has 0 aromatic heterocycles. The molecular formula is C27H28N4O2. The van der Waals surface area contributed by atoms with Crippen LogP contribution < -0.4 is 16.0 Å². The van der Waals surface area contributed by atoms with Crippen molar-refractivity contribution in [2.75, 3.05) is 55.3 Å². The van der Waals surface area contributed by atoms with Crippen LogP contribution in [0, 0.1) is 0 Å². The lowest BCUT2D eigenvalue weighted by Gasteiger charge is -2.26. The maximum absolute atomic E-state index is 12.9. The van der Waals surface area contributed by atoms with Crippen molar-refractivity contribution in [2.45, 2.75) is 0 Å². The van der Waals surface area contributed by atoms with Gasteiger partial charge in [-0.2, -0.15) is 0 Å². The quantitative estimate of drug-likeness (QED) is 0.477. The smallest absolute Gasteiger partial charge is 0.258 e. The number of nitrogens with one attached hydrogen (secondary N) is 3. The van der Waals surface area contributed by atoms with E-state index in [-0.39, 0.29) is 5.91 Å². The molecule has 3 aromatic rings. The summed E-state index contributed by atoms with van der Waals surface area (Å²) in [4.78, 5) is 15.3. The molecule has 5 rings (SSSR count). The van der Waals surface area contributed by atoms with E-state index in [4.69, 9.17) is 4.74 Å². The second kappa shape index (κ2) is 9.90. The van der Waals surface area contributed by atoms with E-state index in [0.717, 1.165) is 73.3 Å². The molecule has 0 saturated carbocycles. The van der Waals surface area contributed by atoms with Crippen LogP contribution in [0.25, 0.3) is 11.3 Å². The number of para-hydroxylation sites is 1. The van der Waals surface area contributed by atoms with Crippen molar-refractivity contribution in [3.63, 3.8) is 0 Å². The SMILES string of the molecule is O=C1Nc2ccccc2/C1=C(/Nc1ccc(NCCN2CCOCC2)cc1)c1ccccc1. The van der Waals surface area contributed by atoms with Gasteiger partial charge in [-0.1, -0.05) is 48.5 Å². The summed E-state index contributed by atoms with van der Waals surface area (Å²) >= 11 is 0. The summed E-state index contributed by atoms with van der Waals surface area (Å²) < 4.78 is 5.41. The highest BCUT2D eigenvalue weighted by Crippen LogP contribution is 2.37. The Kier molecular flexibility index (Phi) is 6.37. The number of benzene rings is 3. The number of nitrogens with zero attached hydrogens (tertiary/aromatic N) is 1. The standard InChI is InChI=1S/C27H28N4O2/c32-27-25(23-8-4-5-9-24(23)30-27)26(20-6-2-1-3-7-20)29-22-12-10-21(11-13-22)28-14-15-31-16-18-33-19-17-31/h1-13,28-29H,14-19H2,(H,30,32)/b26-25-. The fourth-order valence-electron chi connectivity index (χ4n) is 4.25. The Hall–Kier alpha value is -3.61. The minimum atomic E-state index is -0.0936. The van der Waals surface area contributed by atoms with E-state index >= 15 is 0 Å². The molecule has 0 aliphatic carbocycles. The monoisotopic (exact) mass is 440 g/mol. The van der Waals surface area contributed by atoms with Gasteiger partial charge in [0.25, 0.3) is 5.91 Å². The number of ether oxygens (including phenoxy) is 1. The van der Waals surface area contributed by atoms with Gasteiger partial charge in [0, 0.05) is 48.8 Å². The summed E-state index contributed by atoms with van der Waals surface area (Å²) in [6.07, 6.45) is 0. The largest absolute Gasteiger partial charge is 0.384 e. The van der Waals surface area contributed by atoms with Gasteiger partial charge in [-0.3, -0.25) is 9.69 Å². The van der Waals surface area contributed by atoms with Crippen LogP contribution >= 0.6 is 0 Å². The minimum absolute atomic E-state index is 0.0936. The Morgan fingerprint density at radius 1 is 0.879 bits per heavy atom. The highest BCUT2D eigenvalue weighted by molar-refractivity contribution is 6.37. The van der Waals surface area contributed by atoms with E-state index in [0.29, 0.717) is 5.57 Å². The van der Waals surface area contributed by atoms with Crippen LogP contribution in [-0.2, 0) is 9.53 Å². The third kappa shape index (κ3) is 4.92. The van der Waals surface area contributed by atoms with Gasteiger partial charge in [-0.05, 0) is 35.9 Å². The summed E-state index contributed by atoms with van der Waals surface area (Å²) in [6, 6.07) is 26.0. The zero-order valence-electron chi connectivity index (χ0n) is 18.5. The van der Waals surface area contributed by atoms with Crippen molar-refractivity contribution in [3.05, 3.63) is 90.0 Å². The fraction of sp³-hybridized carbons (Fsp3) is 0.222. The number of amides is 1. The predicted octanol–water partition coefficient (Wildman–Crippen LogP) is 4.36. The summed E-state index contributed by atoms with van der Waals surface area (Å²) in [7, 11) is 0. The molecule has 0 bridgehead atoms. The minimum Gasteiger partial charge on any atom is -0.384 e. The molecule has 0 spiro atoms. The van der Waals surface area contributed by atoms with Crippen LogP contribution in [0.1, 0.15) is 11.1 Å². The number of rotatable bonds is 7. The van der Waals surface area contributed by atoms with Crippen LogP contribution in [0.5, 0.6) is 0 Å². The van der Waals surface area contributed by atoms with Crippen molar-refractivity contribution >= 4 is 34.2 Å². The van der Waals surface area contributed by atoms with Crippen molar-refractivity contribution in [1.82, 2.24) is 4.90 Å². The number of carbonyl (C=O) groups excluding carboxylic acids is 1. The van der Waals surface area contributed by atoms with Gasteiger partial charge in [-0.15, -0.1) is 0 Å². The Labute approximate surface area is 194 Å². The molecule has 2 heterocycles. The molecule has 6 heteroatoms. The number of anilines is 3. The van der Waals surface area contributed by atoms with Crippen LogP contribution in [0.4, 0.5) is 17.1 Å². The van der Waals surface area contributed by atoms with Gasteiger partial charge in [0.05, 0.1) is 24.5 Å². The lowest BCUT2D eigenvalue weighted by atomic mass is 10.00. The Morgan fingerprint density at radius 2 is 1.58 bits per heavy atom. The van der Waals surface area contributed by atoms with E-state index in [1.165, 1.54) is 0 Å². The van der Waals surface area contributed by atoms with Crippen LogP contribution in [-0.4, -0.2) is 50.2 Å². The lowest BCUT2D eigenvalue weighted by molar-refractivity contribution is -0.110. The van der Waals surface area contributed by atoms with Gasteiger partial charge in [0.15, 0.2) is 0 Å². The van der Waals surface area contributed by atoms with Crippen LogP contribution in [0.2, 0.25) is 0 Å². The molecule has 1 fully saturated rings. The first-order valence-corrected chi connectivity index (χ1v) is 11.4. The topological polar surface area (TPSA) is 65.6 Å². The Morgan fingerprint density at radius 3 is 2.36 bits per heavy atom. The van der Waals surface area contributed by atoms with E-state index < -0.39 is 0 Å². The summed E-state index contributed by atoms with van der Waals surface area (Å²) in [5, 5.41) is 9.99. The van der Waals surface area contributed by atoms with Gasteiger partial charge in [-0.25, -0.2) is 0 Å². The first-order chi connectivity index (χ1) is 16.3. The molecule has 3 aromatic carbocycles. The summed E-state index contributed by atoms with van der Waals surface area (Å²) in [5.74, 6) is -0.0936. The number of carbonyl (C=O) groups is 1. The van der Waals surface area contributed by atoms with E-state index in [9.17, 15) is 4.79 Å². The lowest BCUT2D eigenvalue weighted by Crippen LogP contribution is -2.38. The van der Waals surface area contributed by atoms with E-state index in [1.54, 1.807) is 0 Å². The summed E-state index contributed by atoms with van der Waals surface area (Å²) in [6.45, 7) is 5.53. The van der Waals surface area contributed by atoms with Crippen molar-refractivity contribution in [2.24, 2.45) is 0 Å². The number of morpholine rings is 1. The number of hydrogen-bond acceptors (Lipinski definition) is 5. The van der Waals surface area contributed by atoms with E-state index in [2.05, 4.69) is 33.0 Å². The van der Waals surface area contributed by atoms with Crippen molar-refractivity contribution in [3.8, 4) is 0 Å². The molecule has 6 nitrogen and oxygen atoms in total.